The zero-order valence-electron chi connectivity index (χ0n) is 10.6. The third-order valence-electron chi connectivity index (χ3n) is 2.97. The van der Waals surface area contributed by atoms with Gasteiger partial charge in [0, 0.05) is 18.0 Å². The van der Waals surface area contributed by atoms with Crippen molar-refractivity contribution in [3.05, 3.63) is 34.7 Å². The number of anilines is 1. The van der Waals surface area contributed by atoms with Gasteiger partial charge >= 0.3 is 0 Å². The molecule has 0 atom stereocenters. The molecule has 1 N–H and O–H groups in total. The Labute approximate surface area is 109 Å². The summed E-state index contributed by atoms with van der Waals surface area (Å²) in [6.07, 6.45) is 0. The number of hydrogen-bond acceptors (Lipinski definition) is 4. The fourth-order valence-electron chi connectivity index (χ4n) is 1.98. The average Bonchev–Trinajstić information content (AvgIpc) is 2.91. The molecule has 0 amide bonds. The molecular weight excluding hydrogens is 244 g/mol. The third kappa shape index (κ3) is 1.67. The van der Waals surface area contributed by atoms with Gasteiger partial charge in [0.1, 0.15) is 0 Å². The van der Waals surface area contributed by atoms with Crippen LogP contribution in [0.2, 0.25) is 0 Å². The Bertz CT molecular complexity index is 711. The van der Waals surface area contributed by atoms with Crippen molar-refractivity contribution >= 4 is 22.2 Å². The zero-order chi connectivity index (χ0) is 12.7. The molecule has 5 heteroatoms. The van der Waals surface area contributed by atoms with Crippen LogP contribution in [0.3, 0.4) is 0 Å². The Hall–Kier alpha value is -1.88. The Morgan fingerprint density at radius 1 is 1.28 bits per heavy atom. The second kappa shape index (κ2) is 4.10. The van der Waals surface area contributed by atoms with Gasteiger partial charge in [0.15, 0.2) is 0 Å². The van der Waals surface area contributed by atoms with Gasteiger partial charge in [-0.3, -0.25) is 0 Å². The minimum atomic E-state index is 0.661. The van der Waals surface area contributed by atoms with E-state index in [0.29, 0.717) is 5.95 Å². The fraction of sp³-hybridized carbons (Fsp3) is 0.231. The molecule has 0 saturated carbocycles. The largest absolute Gasteiger partial charge is 0.356 e. The molecule has 0 bridgehead atoms. The number of aromatic nitrogens is 3. The lowest BCUT2D eigenvalue weighted by molar-refractivity contribution is 0.984. The van der Waals surface area contributed by atoms with E-state index in [0.717, 1.165) is 10.7 Å². The maximum atomic E-state index is 4.44. The summed E-state index contributed by atoms with van der Waals surface area (Å²) in [5.74, 6) is 0.661. The van der Waals surface area contributed by atoms with E-state index in [1.807, 2.05) is 11.6 Å². The fourth-order valence-corrected chi connectivity index (χ4v) is 2.81. The first-order chi connectivity index (χ1) is 8.69. The Morgan fingerprint density at radius 3 is 2.89 bits per heavy atom. The second-order valence-corrected chi connectivity index (χ2v) is 5.16. The summed E-state index contributed by atoms with van der Waals surface area (Å²) in [6.45, 7) is 4.22. The monoisotopic (exact) mass is 258 g/mol. The molecule has 92 valence electrons. The van der Waals surface area contributed by atoms with Crippen LogP contribution in [0.25, 0.3) is 16.2 Å². The van der Waals surface area contributed by atoms with Crippen LogP contribution in [0.5, 0.6) is 0 Å². The zero-order valence-corrected chi connectivity index (χ0v) is 11.4. The summed E-state index contributed by atoms with van der Waals surface area (Å²) in [4.78, 5) is 5.30. The summed E-state index contributed by atoms with van der Waals surface area (Å²) in [5.41, 5.74) is 4.82. The first kappa shape index (κ1) is 11.2. The van der Waals surface area contributed by atoms with Crippen molar-refractivity contribution in [2.24, 2.45) is 0 Å². The van der Waals surface area contributed by atoms with E-state index in [-0.39, 0.29) is 0 Å². The summed E-state index contributed by atoms with van der Waals surface area (Å²) in [5, 5.41) is 9.52. The van der Waals surface area contributed by atoms with Crippen LogP contribution in [-0.2, 0) is 0 Å². The molecule has 4 nitrogen and oxygen atoms in total. The molecule has 0 radical (unpaired) electrons. The maximum absolute atomic E-state index is 4.44. The lowest BCUT2D eigenvalue weighted by Gasteiger charge is -2.05. The molecule has 0 spiro atoms. The highest BCUT2D eigenvalue weighted by molar-refractivity contribution is 7.15. The van der Waals surface area contributed by atoms with Crippen LogP contribution in [0.15, 0.2) is 23.6 Å². The molecule has 1 aromatic carbocycles. The van der Waals surface area contributed by atoms with Gasteiger partial charge in [-0.2, -0.15) is 4.98 Å². The molecule has 2 heterocycles. The number of fused-ring (bicyclic) bond motifs is 1. The smallest absolute Gasteiger partial charge is 0.243 e. The number of thiazole rings is 1. The van der Waals surface area contributed by atoms with Gasteiger partial charge < -0.3 is 5.32 Å². The summed E-state index contributed by atoms with van der Waals surface area (Å²) >= 11 is 1.61. The highest BCUT2D eigenvalue weighted by atomic mass is 32.1. The Morgan fingerprint density at radius 2 is 2.11 bits per heavy atom. The summed E-state index contributed by atoms with van der Waals surface area (Å²) < 4.78 is 1.90. The molecule has 3 rings (SSSR count). The standard InChI is InChI=1S/C13H14N4S/c1-8-4-5-9(2)10(6-8)11-7-18-13-15-12(14-3)16-17(11)13/h4-7H,1-3H3,(H,14,16). The first-order valence-corrected chi connectivity index (χ1v) is 6.66. The van der Waals surface area contributed by atoms with Crippen molar-refractivity contribution in [3.63, 3.8) is 0 Å². The Kier molecular flexibility index (Phi) is 2.56. The highest BCUT2D eigenvalue weighted by Crippen LogP contribution is 2.28. The molecule has 18 heavy (non-hydrogen) atoms. The van der Waals surface area contributed by atoms with E-state index >= 15 is 0 Å². The van der Waals surface area contributed by atoms with Gasteiger partial charge in [-0.05, 0) is 25.5 Å². The normalized spacial score (nSPS) is 11.1. The molecule has 0 unspecified atom stereocenters. The molecule has 3 aromatic rings. The minimum absolute atomic E-state index is 0.661. The second-order valence-electron chi connectivity index (χ2n) is 4.32. The molecule has 0 aliphatic heterocycles. The van der Waals surface area contributed by atoms with E-state index in [4.69, 9.17) is 0 Å². The molecular formula is C13H14N4S. The Balaban J connectivity index is 2.24. The van der Waals surface area contributed by atoms with Gasteiger partial charge in [-0.25, -0.2) is 4.52 Å². The van der Waals surface area contributed by atoms with Gasteiger partial charge in [-0.1, -0.05) is 17.7 Å². The minimum Gasteiger partial charge on any atom is -0.356 e. The van der Waals surface area contributed by atoms with Crippen LogP contribution >= 0.6 is 11.3 Å². The number of hydrogen-bond donors (Lipinski definition) is 1. The van der Waals surface area contributed by atoms with Crippen LogP contribution in [-0.4, -0.2) is 21.6 Å². The van der Waals surface area contributed by atoms with Gasteiger partial charge in [-0.15, -0.1) is 16.4 Å². The molecule has 0 fully saturated rings. The van der Waals surface area contributed by atoms with Gasteiger partial charge in [0.25, 0.3) is 0 Å². The van der Waals surface area contributed by atoms with Crippen molar-refractivity contribution in [1.82, 2.24) is 14.6 Å². The van der Waals surface area contributed by atoms with Crippen LogP contribution in [0, 0.1) is 13.8 Å². The molecule has 0 saturated heterocycles. The predicted molar refractivity (Wildman–Crippen MR) is 75.3 cm³/mol. The first-order valence-electron chi connectivity index (χ1n) is 5.78. The van der Waals surface area contributed by atoms with E-state index in [9.17, 15) is 0 Å². The topological polar surface area (TPSA) is 42.2 Å². The quantitative estimate of drug-likeness (QED) is 0.768. The number of nitrogens with zero attached hydrogens (tertiary/aromatic N) is 3. The maximum Gasteiger partial charge on any atom is 0.243 e. The molecule has 0 aliphatic rings. The summed E-state index contributed by atoms with van der Waals surface area (Å²) in [6, 6.07) is 6.46. The predicted octanol–water partition coefficient (Wildman–Crippen LogP) is 3.12. The van der Waals surface area contributed by atoms with Crippen molar-refractivity contribution < 1.29 is 0 Å². The molecule has 2 aromatic heterocycles. The van der Waals surface area contributed by atoms with E-state index in [1.165, 1.54) is 16.7 Å². The van der Waals surface area contributed by atoms with E-state index < -0.39 is 0 Å². The van der Waals surface area contributed by atoms with Crippen molar-refractivity contribution in [2.75, 3.05) is 12.4 Å². The number of nitrogens with one attached hydrogen (secondary N) is 1. The van der Waals surface area contributed by atoms with Crippen LogP contribution < -0.4 is 5.32 Å². The average molecular weight is 258 g/mol. The lowest BCUT2D eigenvalue weighted by Crippen LogP contribution is -1.94. The highest BCUT2D eigenvalue weighted by Gasteiger charge is 2.12. The van der Waals surface area contributed by atoms with Gasteiger partial charge in [0.2, 0.25) is 10.9 Å². The van der Waals surface area contributed by atoms with Gasteiger partial charge in [0.05, 0.1) is 5.69 Å². The number of benzene rings is 1. The van der Waals surface area contributed by atoms with Crippen molar-refractivity contribution in [3.8, 4) is 11.3 Å². The van der Waals surface area contributed by atoms with Crippen molar-refractivity contribution in [2.45, 2.75) is 13.8 Å². The number of rotatable bonds is 2. The van der Waals surface area contributed by atoms with Crippen LogP contribution in [0.4, 0.5) is 5.95 Å². The number of aryl methyl sites for hydroxylation is 2. The van der Waals surface area contributed by atoms with Crippen LogP contribution in [0.1, 0.15) is 11.1 Å². The molecule has 0 aliphatic carbocycles. The van der Waals surface area contributed by atoms with Crippen molar-refractivity contribution in [1.29, 1.82) is 0 Å². The third-order valence-corrected chi connectivity index (χ3v) is 3.79. The van der Waals surface area contributed by atoms with E-state index in [1.54, 1.807) is 11.3 Å². The SMILES string of the molecule is CNc1nc2scc(-c3cc(C)ccc3C)n2n1. The lowest BCUT2D eigenvalue weighted by atomic mass is 10.0. The summed E-state index contributed by atoms with van der Waals surface area (Å²) in [7, 11) is 1.83. The van der Waals surface area contributed by atoms with E-state index in [2.05, 4.69) is 52.8 Å².